The van der Waals surface area contributed by atoms with E-state index < -0.39 is 5.91 Å². The number of rotatable bonds is 8. The summed E-state index contributed by atoms with van der Waals surface area (Å²) in [5.74, 6) is 0.821. The van der Waals surface area contributed by atoms with Crippen LogP contribution in [0.15, 0.2) is 72.9 Å². The van der Waals surface area contributed by atoms with Crippen LogP contribution < -0.4 is 15.0 Å². The van der Waals surface area contributed by atoms with Gasteiger partial charge in [0.25, 0.3) is 5.91 Å². The zero-order valence-corrected chi connectivity index (χ0v) is 19.4. The number of para-hydroxylation sites is 1. The lowest BCUT2D eigenvalue weighted by atomic mass is 10.1. The number of aryl methyl sites for hydroxylation is 1. The summed E-state index contributed by atoms with van der Waals surface area (Å²) in [6, 6.07) is 21.3. The van der Waals surface area contributed by atoms with Crippen LogP contribution >= 0.6 is 0 Å². The fourth-order valence-corrected chi connectivity index (χ4v) is 4.18. The fourth-order valence-electron chi connectivity index (χ4n) is 4.18. The number of ether oxygens (including phenoxy) is 1. The molecule has 0 unspecified atom stereocenters. The first-order valence-electron chi connectivity index (χ1n) is 11.6. The molecule has 2 aromatic carbocycles. The maximum absolute atomic E-state index is 12.9. The highest BCUT2D eigenvalue weighted by molar-refractivity contribution is 6.07. The van der Waals surface area contributed by atoms with Crippen molar-refractivity contribution >= 4 is 17.6 Å². The molecule has 1 aromatic heterocycles. The van der Waals surface area contributed by atoms with Gasteiger partial charge in [0.15, 0.2) is 0 Å². The van der Waals surface area contributed by atoms with Gasteiger partial charge in [-0.25, -0.2) is 4.98 Å². The number of imide groups is 1. The van der Waals surface area contributed by atoms with Crippen LogP contribution in [0.2, 0.25) is 0 Å². The fraction of sp³-hybridized carbons (Fsp3) is 0.296. The van der Waals surface area contributed by atoms with E-state index in [2.05, 4.69) is 26.2 Å². The van der Waals surface area contributed by atoms with Crippen LogP contribution in [0.5, 0.6) is 5.75 Å². The number of methoxy groups -OCH3 is 1. The lowest BCUT2D eigenvalue weighted by molar-refractivity contribution is -0.120. The minimum absolute atomic E-state index is 0.257. The molecule has 0 aliphatic carbocycles. The summed E-state index contributed by atoms with van der Waals surface area (Å²) in [6.07, 6.45) is 2.53. The molecule has 2 heterocycles. The van der Waals surface area contributed by atoms with Gasteiger partial charge >= 0.3 is 0 Å². The van der Waals surface area contributed by atoms with E-state index in [4.69, 9.17) is 4.74 Å². The van der Waals surface area contributed by atoms with Crippen molar-refractivity contribution in [2.45, 2.75) is 19.4 Å². The third-order valence-electron chi connectivity index (χ3n) is 6.03. The molecule has 0 atom stereocenters. The molecule has 1 saturated heterocycles. The van der Waals surface area contributed by atoms with Crippen molar-refractivity contribution in [3.63, 3.8) is 0 Å². The van der Waals surface area contributed by atoms with E-state index in [0.29, 0.717) is 17.8 Å². The largest absolute Gasteiger partial charge is 0.496 e. The van der Waals surface area contributed by atoms with E-state index in [9.17, 15) is 9.59 Å². The molecule has 1 fully saturated rings. The molecule has 34 heavy (non-hydrogen) atoms. The Morgan fingerprint density at radius 3 is 2.44 bits per heavy atom. The second kappa shape index (κ2) is 11.4. The molecule has 0 bridgehead atoms. The zero-order chi connectivity index (χ0) is 23.8. The Balaban J connectivity index is 1.34. The molecule has 0 radical (unpaired) electrons. The summed E-state index contributed by atoms with van der Waals surface area (Å²) in [7, 11) is 1.69. The van der Waals surface area contributed by atoms with Crippen molar-refractivity contribution in [3.8, 4) is 5.75 Å². The number of carbonyl (C=O) groups is 2. The Morgan fingerprint density at radius 2 is 1.68 bits per heavy atom. The van der Waals surface area contributed by atoms with Crippen molar-refractivity contribution in [3.05, 3.63) is 89.6 Å². The third-order valence-corrected chi connectivity index (χ3v) is 6.03. The van der Waals surface area contributed by atoms with E-state index >= 15 is 0 Å². The van der Waals surface area contributed by atoms with Gasteiger partial charge in [-0.15, -0.1) is 0 Å². The number of benzene rings is 2. The number of carbonyl (C=O) groups excluding carboxylic acids is 2. The molecule has 1 aliphatic rings. The molecular weight excluding hydrogens is 428 g/mol. The molecule has 7 nitrogen and oxygen atoms in total. The number of hydrogen-bond acceptors (Lipinski definition) is 6. The highest BCUT2D eigenvalue weighted by Gasteiger charge is 2.24. The molecule has 7 heteroatoms. The molecule has 0 saturated carbocycles. The minimum Gasteiger partial charge on any atom is -0.496 e. The minimum atomic E-state index is -0.405. The van der Waals surface area contributed by atoms with Crippen LogP contribution in [-0.2, 0) is 17.8 Å². The first-order valence-corrected chi connectivity index (χ1v) is 11.6. The van der Waals surface area contributed by atoms with Crippen molar-refractivity contribution in [2.24, 2.45) is 0 Å². The van der Waals surface area contributed by atoms with Gasteiger partial charge in [0.2, 0.25) is 5.91 Å². The Bertz CT molecular complexity index is 1110. The summed E-state index contributed by atoms with van der Waals surface area (Å²) < 4.78 is 5.47. The number of nitrogens with zero attached hydrogens (tertiary/aromatic N) is 3. The highest BCUT2D eigenvalue weighted by atomic mass is 16.5. The van der Waals surface area contributed by atoms with Gasteiger partial charge < -0.3 is 9.64 Å². The average molecular weight is 459 g/mol. The molecule has 3 aromatic rings. The number of amides is 2. The van der Waals surface area contributed by atoms with Crippen LogP contribution in [0.25, 0.3) is 0 Å². The maximum Gasteiger partial charge on any atom is 0.261 e. The standard InChI is InChI=1S/C27H30N4O3/c1-34-24-12-6-5-10-22(24)20-30-16-18-31(19-17-30)26-23(11-7-15-28-26)27(33)29-25(32)14-13-21-8-3-2-4-9-21/h2-12,15H,13-14,16-20H2,1H3,(H,29,32,33). The molecule has 176 valence electrons. The monoisotopic (exact) mass is 458 g/mol. The van der Waals surface area contributed by atoms with Crippen LogP contribution in [0.3, 0.4) is 0 Å². The van der Waals surface area contributed by atoms with E-state index in [0.717, 1.165) is 49.6 Å². The summed E-state index contributed by atoms with van der Waals surface area (Å²) in [5, 5.41) is 2.53. The highest BCUT2D eigenvalue weighted by Crippen LogP contribution is 2.22. The number of pyridine rings is 1. The molecule has 0 spiro atoms. The van der Waals surface area contributed by atoms with Gasteiger partial charge in [0, 0.05) is 50.9 Å². The molecule has 2 amide bonds. The Kier molecular flexibility index (Phi) is 7.88. The Hall–Kier alpha value is -3.71. The quantitative estimate of drug-likeness (QED) is 0.558. The Morgan fingerprint density at radius 1 is 0.941 bits per heavy atom. The number of piperazine rings is 1. The zero-order valence-electron chi connectivity index (χ0n) is 19.4. The number of anilines is 1. The second-order valence-corrected chi connectivity index (χ2v) is 8.31. The number of nitrogens with one attached hydrogen (secondary N) is 1. The van der Waals surface area contributed by atoms with Crippen molar-refractivity contribution < 1.29 is 14.3 Å². The Labute approximate surface area is 200 Å². The van der Waals surface area contributed by atoms with Gasteiger partial charge in [-0.05, 0) is 30.2 Å². The van der Waals surface area contributed by atoms with E-state index in [1.54, 1.807) is 25.4 Å². The molecule has 1 aliphatic heterocycles. The lowest BCUT2D eigenvalue weighted by Gasteiger charge is -2.36. The average Bonchev–Trinajstić information content (AvgIpc) is 2.89. The first-order chi connectivity index (χ1) is 16.6. The second-order valence-electron chi connectivity index (χ2n) is 8.31. The van der Waals surface area contributed by atoms with Gasteiger partial charge in [0.05, 0.1) is 12.7 Å². The summed E-state index contributed by atoms with van der Waals surface area (Å²) in [4.78, 5) is 34.2. The topological polar surface area (TPSA) is 74.8 Å². The molecule has 1 N–H and O–H groups in total. The van der Waals surface area contributed by atoms with Gasteiger partial charge in [0.1, 0.15) is 11.6 Å². The molecular formula is C27H30N4O3. The van der Waals surface area contributed by atoms with E-state index in [1.807, 2.05) is 48.5 Å². The summed E-state index contributed by atoms with van der Waals surface area (Å²) in [6.45, 7) is 3.98. The summed E-state index contributed by atoms with van der Waals surface area (Å²) >= 11 is 0. The van der Waals surface area contributed by atoms with Crippen molar-refractivity contribution in [1.29, 1.82) is 0 Å². The van der Waals surface area contributed by atoms with Crippen LogP contribution in [0.1, 0.15) is 27.9 Å². The van der Waals surface area contributed by atoms with Crippen LogP contribution in [-0.4, -0.2) is 55.0 Å². The van der Waals surface area contributed by atoms with Gasteiger partial charge in [-0.1, -0.05) is 48.5 Å². The van der Waals surface area contributed by atoms with E-state index in [-0.39, 0.29) is 12.3 Å². The van der Waals surface area contributed by atoms with Crippen LogP contribution in [0.4, 0.5) is 5.82 Å². The third kappa shape index (κ3) is 5.99. The lowest BCUT2D eigenvalue weighted by Crippen LogP contribution is -2.47. The molecule has 4 rings (SSSR count). The predicted octanol–water partition coefficient (Wildman–Crippen LogP) is 3.30. The smallest absolute Gasteiger partial charge is 0.261 e. The number of aromatic nitrogens is 1. The number of hydrogen-bond donors (Lipinski definition) is 1. The van der Waals surface area contributed by atoms with Crippen LogP contribution in [0, 0.1) is 0 Å². The van der Waals surface area contributed by atoms with Gasteiger partial charge in [-0.3, -0.25) is 19.8 Å². The normalized spacial score (nSPS) is 14.0. The summed E-state index contributed by atoms with van der Waals surface area (Å²) in [5.41, 5.74) is 2.65. The maximum atomic E-state index is 12.9. The first kappa shape index (κ1) is 23.4. The van der Waals surface area contributed by atoms with Gasteiger partial charge in [-0.2, -0.15) is 0 Å². The van der Waals surface area contributed by atoms with Crippen molar-refractivity contribution in [1.82, 2.24) is 15.2 Å². The SMILES string of the molecule is COc1ccccc1CN1CCN(c2ncccc2C(=O)NC(=O)CCc2ccccc2)CC1. The predicted molar refractivity (Wildman–Crippen MR) is 132 cm³/mol. The van der Waals surface area contributed by atoms with E-state index in [1.165, 1.54) is 0 Å². The van der Waals surface area contributed by atoms with Crippen molar-refractivity contribution in [2.75, 3.05) is 38.2 Å².